The molecule has 0 amide bonds. The highest BCUT2D eigenvalue weighted by molar-refractivity contribution is 5.71. The number of nitro benzene ring substituents is 1. The van der Waals surface area contributed by atoms with Gasteiger partial charge in [-0.2, -0.15) is 0 Å². The third-order valence-electron chi connectivity index (χ3n) is 3.59. The summed E-state index contributed by atoms with van der Waals surface area (Å²) in [5, 5.41) is 18.3. The molecule has 28 heavy (non-hydrogen) atoms. The summed E-state index contributed by atoms with van der Waals surface area (Å²) in [6.07, 6.45) is -0.824. The standard InChI is InChI=1S/C18H14FN3O6/c1-11(17-20-21-18(28-17)12-2-4-13(19)5-3-12)27-16(23)10-26-15-8-6-14(7-9-15)22(24)25/h2-9,11H,10H2,1H3/t11-/m1/s1. The molecular weight excluding hydrogens is 373 g/mol. The molecule has 0 aliphatic carbocycles. The summed E-state index contributed by atoms with van der Waals surface area (Å²) < 4.78 is 28.8. The number of carbonyl (C=O) groups is 1. The molecule has 2 aromatic carbocycles. The maximum absolute atomic E-state index is 13.0. The topological polar surface area (TPSA) is 118 Å². The minimum Gasteiger partial charge on any atom is -0.482 e. The van der Waals surface area contributed by atoms with Crippen molar-refractivity contribution in [2.24, 2.45) is 0 Å². The van der Waals surface area contributed by atoms with Crippen LogP contribution in [-0.4, -0.2) is 27.7 Å². The second-order valence-corrected chi connectivity index (χ2v) is 5.62. The summed E-state index contributed by atoms with van der Waals surface area (Å²) in [5.74, 6) is -0.555. The molecule has 3 rings (SSSR count). The van der Waals surface area contributed by atoms with E-state index < -0.39 is 23.6 Å². The van der Waals surface area contributed by atoms with E-state index in [2.05, 4.69) is 10.2 Å². The van der Waals surface area contributed by atoms with Crippen LogP contribution in [0.25, 0.3) is 11.5 Å². The van der Waals surface area contributed by atoms with Crippen molar-refractivity contribution in [3.63, 3.8) is 0 Å². The van der Waals surface area contributed by atoms with E-state index >= 15 is 0 Å². The normalized spacial score (nSPS) is 11.6. The summed E-state index contributed by atoms with van der Waals surface area (Å²) >= 11 is 0. The Balaban J connectivity index is 1.54. The summed E-state index contributed by atoms with van der Waals surface area (Å²) in [6.45, 7) is 1.15. The molecule has 0 saturated carbocycles. The zero-order chi connectivity index (χ0) is 20.1. The Kier molecular flexibility index (Phi) is 5.58. The number of ether oxygens (including phenoxy) is 2. The van der Waals surface area contributed by atoms with Gasteiger partial charge < -0.3 is 13.9 Å². The second-order valence-electron chi connectivity index (χ2n) is 5.62. The molecule has 1 heterocycles. The lowest BCUT2D eigenvalue weighted by molar-refractivity contribution is -0.384. The van der Waals surface area contributed by atoms with Crippen LogP contribution in [0.2, 0.25) is 0 Å². The van der Waals surface area contributed by atoms with Crippen LogP contribution in [0, 0.1) is 15.9 Å². The number of esters is 1. The van der Waals surface area contributed by atoms with E-state index in [-0.39, 0.29) is 29.0 Å². The van der Waals surface area contributed by atoms with Crippen LogP contribution < -0.4 is 4.74 Å². The number of carbonyl (C=O) groups excluding carboxylic acids is 1. The van der Waals surface area contributed by atoms with Crippen LogP contribution in [0.3, 0.4) is 0 Å². The average molecular weight is 387 g/mol. The van der Waals surface area contributed by atoms with Gasteiger partial charge in [-0.15, -0.1) is 10.2 Å². The number of non-ortho nitro benzene ring substituents is 1. The maximum Gasteiger partial charge on any atom is 0.344 e. The van der Waals surface area contributed by atoms with E-state index in [4.69, 9.17) is 13.9 Å². The summed E-state index contributed by atoms with van der Waals surface area (Å²) in [6, 6.07) is 10.8. The molecule has 0 radical (unpaired) electrons. The Morgan fingerprint density at radius 3 is 2.50 bits per heavy atom. The lowest BCUT2D eigenvalue weighted by Crippen LogP contribution is -2.17. The predicted octanol–water partition coefficient (Wildman–Crippen LogP) is 3.47. The SMILES string of the molecule is C[C@@H](OC(=O)COc1ccc([N+](=O)[O-])cc1)c1nnc(-c2ccc(F)cc2)o1. The lowest BCUT2D eigenvalue weighted by atomic mass is 10.2. The van der Waals surface area contributed by atoms with Gasteiger partial charge in [0, 0.05) is 17.7 Å². The Hall–Kier alpha value is -3.82. The highest BCUT2D eigenvalue weighted by Crippen LogP contribution is 2.23. The van der Waals surface area contributed by atoms with Crippen LogP contribution in [0.1, 0.15) is 18.9 Å². The number of hydrogen-bond acceptors (Lipinski definition) is 8. The number of nitrogens with zero attached hydrogens (tertiary/aromatic N) is 3. The molecule has 0 spiro atoms. The van der Waals surface area contributed by atoms with E-state index in [0.29, 0.717) is 5.56 Å². The molecule has 9 nitrogen and oxygen atoms in total. The summed E-state index contributed by atoms with van der Waals surface area (Å²) in [7, 11) is 0. The van der Waals surface area contributed by atoms with Gasteiger partial charge >= 0.3 is 5.97 Å². The largest absolute Gasteiger partial charge is 0.482 e. The molecule has 1 atom stereocenters. The molecule has 144 valence electrons. The smallest absolute Gasteiger partial charge is 0.344 e. The van der Waals surface area contributed by atoms with Gasteiger partial charge in [0.15, 0.2) is 12.7 Å². The molecule has 10 heteroatoms. The van der Waals surface area contributed by atoms with Crippen molar-refractivity contribution >= 4 is 11.7 Å². The first-order valence-corrected chi connectivity index (χ1v) is 8.08. The zero-order valence-electron chi connectivity index (χ0n) is 14.6. The highest BCUT2D eigenvalue weighted by Gasteiger charge is 2.19. The van der Waals surface area contributed by atoms with Crippen molar-refractivity contribution in [2.75, 3.05) is 6.61 Å². The Morgan fingerprint density at radius 2 is 1.86 bits per heavy atom. The lowest BCUT2D eigenvalue weighted by Gasteiger charge is -2.10. The fourth-order valence-electron chi connectivity index (χ4n) is 2.20. The van der Waals surface area contributed by atoms with E-state index in [1.54, 1.807) is 6.92 Å². The van der Waals surface area contributed by atoms with E-state index in [9.17, 15) is 19.3 Å². The van der Waals surface area contributed by atoms with Gasteiger partial charge in [-0.25, -0.2) is 9.18 Å². The van der Waals surface area contributed by atoms with Gasteiger partial charge in [0.05, 0.1) is 4.92 Å². The number of nitro groups is 1. The second kappa shape index (κ2) is 8.25. The minimum atomic E-state index is -0.824. The van der Waals surface area contributed by atoms with Gasteiger partial charge in [-0.3, -0.25) is 10.1 Å². The van der Waals surface area contributed by atoms with E-state index in [1.807, 2.05) is 0 Å². The molecule has 3 aromatic rings. The molecule has 0 fully saturated rings. The van der Waals surface area contributed by atoms with Gasteiger partial charge in [0.1, 0.15) is 11.6 Å². The highest BCUT2D eigenvalue weighted by atomic mass is 19.1. The van der Waals surface area contributed by atoms with Gasteiger partial charge in [-0.1, -0.05) is 0 Å². The van der Waals surface area contributed by atoms with Gasteiger partial charge in [0.25, 0.3) is 11.6 Å². The summed E-state index contributed by atoms with van der Waals surface area (Å²) in [4.78, 5) is 22.0. The first kappa shape index (κ1) is 19.0. The van der Waals surface area contributed by atoms with Crippen molar-refractivity contribution in [3.05, 3.63) is 70.4 Å². The molecule has 0 aliphatic heterocycles. The predicted molar refractivity (Wildman–Crippen MR) is 92.8 cm³/mol. The summed E-state index contributed by atoms with van der Waals surface area (Å²) in [5.41, 5.74) is 0.442. The third-order valence-corrected chi connectivity index (χ3v) is 3.59. The molecular formula is C18H14FN3O6. The quantitative estimate of drug-likeness (QED) is 0.344. The van der Waals surface area contributed by atoms with Crippen molar-refractivity contribution in [3.8, 4) is 17.2 Å². The van der Waals surface area contributed by atoms with Crippen LogP contribution in [0.5, 0.6) is 5.75 Å². The minimum absolute atomic E-state index is 0.0722. The monoisotopic (exact) mass is 387 g/mol. The molecule has 1 aromatic heterocycles. The van der Waals surface area contributed by atoms with Crippen molar-refractivity contribution in [2.45, 2.75) is 13.0 Å². The number of halogens is 1. The van der Waals surface area contributed by atoms with Crippen LogP contribution in [0.15, 0.2) is 52.9 Å². The Morgan fingerprint density at radius 1 is 1.18 bits per heavy atom. The molecule has 0 saturated heterocycles. The van der Waals surface area contributed by atoms with Crippen molar-refractivity contribution < 1.29 is 28.0 Å². The molecule has 0 aliphatic rings. The number of rotatable bonds is 7. The Bertz CT molecular complexity index is 972. The number of hydrogen-bond donors (Lipinski definition) is 0. The first-order chi connectivity index (χ1) is 13.4. The average Bonchev–Trinajstić information content (AvgIpc) is 3.17. The van der Waals surface area contributed by atoms with E-state index in [1.165, 1.54) is 48.5 Å². The van der Waals surface area contributed by atoms with Crippen molar-refractivity contribution in [1.29, 1.82) is 0 Å². The van der Waals surface area contributed by atoms with Gasteiger partial charge in [-0.05, 0) is 43.3 Å². The van der Waals surface area contributed by atoms with Crippen LogP contribution in [0.4, 0.5) is 10.1 Å². The number of aromatic nitrogens is 2. The fourth-order valence-corrected chi connectivity index (χ4v) is 2.20. The molecule has 0 N–H and O–H groups in total. The van der Waals surface area contributed by atoms with Crippen molar-refractivity contribution in [1.82, 2.24) is 10.2 Å². The number of benzene rings is 2. The zero-order valence-corrected chi connectivity index (χ0v) is 14.6. The molecule has 0 bridgehead atoms. The fraction of sp³-hybridized carbons (Fsp3) is 0.167. The van der Waals surface area contributed by atoms with E-state index in [0.717, 1.165) is 0 Å². The third kappa shape index (κ3) is 4.67. The van der Waals surface area contributed by atoms with Crippen LogP contribution >= 0.6 is 0 Å². The van der Waals surface area contributed by atoms with Crippen LogP contribution in [-0.2, 0) is 9.53 Å². The first-order valence-electron chi connectivity index (χ1n) is 8.08. The van der Waals surface area contributed by atoms with Gasteiger partial charge in [0.2, 0.25) is 5.89 Å². The molecule has 0 unspecified atom stereocenters. The Labute approximate surface area is 157 Å². The maximum atomic E-state index is 13.0.